The molecule has 0 aromatic carbocycles. The molecule has 1 heterocycles. The normalized spacial score (nSPS) is 23.9. The molecule has 1 atom stereocenters. The second-order valence-electron chi connectivity index (χ2n) is 6.73. The predicted molar refractivity (Wildman–Crippen MR) is 85.6 cm³/mol. The van der Waals surface area contributed by atoms with Gasteiger partial charge in [-0.05, 0) is 12.8 Å². The Hall–Kier alpha value is -0.690. The molecule has 1 unspecified atom stereocenters. The lowest BCUT2D eigenvalue weighted by molar-refractivity contribution is -0.124. The molecule has 0 radical (unpaired) electrons. The number of hydrogen-bond acceptors (Lipinski definition) is 5. The highest BCUT2D eigenvalue weighted by Crippen LogP contribution is 2.36. The number of morpholine rings is 1. The molecule has 1 saturated carbocycles. The highest BCUT2D eigenvalue weighted by Gasteiger charge is 2.35. The largest absolute Gasteiger partial charge is 0.383 e. The van der Waals surface area contributed by atoms with Gasteiger partial charge in [-0.25, -0.2) is 0 Å². The summed E-state index contributed by atoms with van der Waals surface area (Å²) in [5, 5.41) is 3.07. The average Bonchev–Trinajstić information content (AvgIpc) is 2.55. The molecule has 0 aromatic rings. The summed E-state index contributed by atoms with van der Waals surface area (Å²) in [5.41, 5.74) is 6.00. The number of carbonyl (C=O) groups is 1. The monoisotopic (exact) mass is 313 g/mol. The zero-order valence-corrected chi connectivity index (χ0v) is 13.8. The molecule has 128 valence electrons. The third-order valence-corrected chi connectivity index (χ3v) is 4.90. The van der Waals surface area contributed by atoms with E-state index in [0.29, 0.717) is 0 Å². The number of rotatable bonds is 7. The number of nitrogens with zero attached hydrogens (tertiary/aromatic N) is 1. The molecule has 2 fully saturated rings. The van der Waals surface area contributed by atoms with Crippen molar-refractivity contribution in [3.8, 4) is 0 Å². The van der Waals surface area contributed by atoms with E-state index in [9.17, 15) is 4.79 Å². The fraction of sp³-hybridized carbons (Fsp3) is 0.938. The van der Waals surface area contributed by atoms with E-state index in [2.05, 4.69) is 10.2 Å². The van der Waals surface area contributed by atoms with Gasteiger partial charge in [-0.15, -0.1) is 0 Å². The Balaban J connectivity index is 1.88. The van der Waals surface area contributed by atoms with Gasteiger partial charge in [0.05, 0.1) is 19.8 Å². The van der Waals surface area contributed by atoms with Crippen LogP contribution in [0.1, 0.15) is 32.1 Å². The van der Waals surface area contributed by atoms with Gasteiger partial charge in [-0.2, -0.15) is 0 Å². The van der Waals surface area contributed by atoms with Gasteiger partial charge in [0.25, 0.3) is 0 Å². The summed E-state index contributed by atoms with van der Waals surface area (Å²) in [4.78, 5) is 14.5. The molecule has 0 spiro atoms. The number of nitrogens with two attached hydrogens (primary N) is 1. The highest BCUT2D eigenvalue weighted by molar-refractivity contribution is 5.81. The summed E-state index contributed by atoms with van der Waals surface area (Å²) in [6.45, 7) is 5.68. The summed E-state index contributed by atoms with van der Waals surface area (Å²) in [6.07, 6.45) is 6.19. The molecular weight excluding hydrogens is 282 g/mol. The molecule has 1 aliphatic carbocycles. The van der Waals surface area contributed by atoms with Crippen molar-refractivity contribution in [1.29, 1.82) is 0 Å². The van der Waals surface area contributed by atoms with Gasteiger partial charge in [0.15, 0.2) is 0 Å². The molecule has 1 aliphatic heterocycles. The maximum absolute atomic E-state index is 12.1. The van der Waals surface area contributed by atoms with Crippen molar-refractivity contribution in [2.45, 2.75) is 38.1 Å². The fourth-order valence-electron chi connectivity index (χ4n) is 3.59. The minimum absolute atomic E-state index is 0.103. The van der Waals surface area contributed by atoms with Crippen LogP contribution in [0, 0.1) is 5.41 Å². The molecule has 22 heavy (non-hydrogen) atoms. The van der Waals surface area contributed by atoms with Gasteiger partial charge in [-0.3, -0.25) is 9.69 Å². The number of nitrogens with one attached hydrogen (secondary N) is 1. The standard InChI is InChI=1S/C16H31N3O3/c1-21-11-14(17)15(20)18-12-16(5-3-2-4-6-16)13-19-7-9-22-10-8-19/h14H,2-13,17H2,1H3,(H,18,20). The maximum Gasteiger partial charge on any atom is 0.239 e. The predicted octanol–water partition coefficient (Wildman–Crippen LogP) is 0.359. The number of amides is 1. The van der Waals surface area contributed by atoms with Crippen LogP contribution < -0.4 is 11.1 Å². The van der Waals surface area contributed by atoms with Gasteiger partial charge in [-0.1, -0.05) is 19.3 Å². The van der Waals surface area contributed by atoms with Crippen molar-refractivity contribution < 1.29 is 14.3 Å². The third kappa shape index (κ3) is 5.19. The van der Waals surface area contributed by atoms with Gasteiger partial charge in [0, 0.05) is 38.7 Å². The number of methoxy groups -OCH3 is 1. The zero-order valence-electron chi connectivity index (χ0n) is 13.8. The first-order valence-electron chi connectivity index (χ1n) is 8.48. The molecule has 2 aliphatic rings. The summed E-state index contributed by atoms with van der Waals surface area (Å²) in [5.74, 6) is -0.103. The Labute approximate surface area is 133 Å². The molecule has 1 saturated heterocycles. The molecule has 1 amide bonds. The number of ether oxygens (including phenoxy) is 2. The summed E-state index contributed by atoms with van der Waals surface area (Å²) in [7, 11) is 1.56. The Morgan fingerprint density at radius 2 is 2.00 bits per heavy atom. The number of carbonyl (C=O) groups excluding carboxylic acids is 1. The molecule has 3 N–H and O–H groups in total. The van der Waals surface area contributed by atoms with Crippen molar-refractivity contribution in [3.63, 3.8) is 0 Å². The average molecular weight is 313 g/mol. The lowest BCUT2D eigenvalue weighted by atomic mass is 9.73. The molecule has 0 aromatic heterocycles. The van der Waals surface area contributed by atoms with Gasteiger partial charge in [0.1, 0.15) is 6.04 Å². The molecular formula is C16H31N3O3. The van der Waals surface area contributed by atoms with Crippen molar-refractivity contribution in [2.24, 2.45) is 11.1 Å². The first-order chi connectivity index (χ1) is 10.7. The SMILES string of the molecule is COCC(N)C(=O)NCC1(CN2CCOCC2)CCCCC1. The Kier molecular flexibility index (Phi) is 7.08. The van der Waals surface area contributed by atoms with E-state index < -0.39 is 6.04 Å². The van der Waals surface area contributed by atoms with E-state index in [4.69, 9.17) is 15.2 Å². The summed E-state index contributed by atoms with van der Waals surface area (Å²) in [6, 6.07) is -0.575. The quantitative estimate of drug-likeness (QED) is 0.710. The summed E-state index contributed by atoms with van der Waals surface area (Å²) < 4.78 is 10.4. The molecule has 0 bridgehead atoms. The van der Waals surface area contributed by atoms with E-state index in [-0.39, 0.29) is 17.9 Å². The van der Waals surface area contributed by atoms with Gasteiger partial charge >= 0.3 is 0 Å². The second kappa shape index (κ2) is 8.82. The minimum Gasteiger partial charge on any atom is -0.383 e. The summed E-state index contributed by atoms with van der Waals surface area (Å²) >= 11 is 0. The minimum atomic E-state index is -0.575. The van der Waals surface area contributed by atoms with Crippen molar-refractivity contribution in [1.82, 2.24) is 10.2 Å². The van der Waals surface area contributed by atoms with Gasteiger partial charge in [0.2, 0.25) is 5.91 Å². The highest BCUT2D eigenvalue weighted by atomic mass is 16.5. The van der Waals surface area contributed by atoms with Gasteiger partial charge < -0.3 is 20.5 Å². The van der Waals surface area contributed by atoms with Crippen molar-refractivity contribution >= 4 is 5.91 Å². The van der Waals surface area contributed by atoms with Crippen LogP contribution in [-0.4, -0.2) is 70.0 Å². The topological polar surface area (TPSA) is 76.8 Å². The first-order valence-corrected chi connectivity index (χ1v) is 8.48. The fourth-order valence-corrected chi connectivity index (χ4v) is 3.59. The number of hydrogen-bond donors (Lipinski definition) is 2. The maximum atomic E-state index is 12.1. The van der Waals surface area contributed by atoms with Crippen LogP contribution >= 0.6 is 0 Å². The Morgan fingerprint density at radius 1 is 1.32 bits per heavy atom. The van der Waals surface area contributed by atoms with E-state index in [1.165, 1.54) is 32.1 Å². The molecule has 2 rings (SSSR count). The first kappa shape index (κ1) is 17.7. The van der Waals surface area contributed by atoms with E-state index in [1.807, 2.05) is 0 Å². The Bertz CT molecular complexity index is 340. The van der Waals surface area contributed by atoms with Crippen LogP contribution in [-0.2, 0) is 14.3 Å². The van der Waals surface area contributed by atoms with Crippen LogP contribution in [0.25, 0.3) is 0 Å². The van der Waals surface area contributed by atoms with Crippen LogP contribution in [0.4, 0.5) is 0 Å². The zero-order chi connectivity index (χ0) is 15.8. The van der Waals surface area contributed by atoms with Crippen LogP contribution in [0.3, 0.4) is 0 Å². The van der Waals surface area contributed by atoms with E-state index in [1.54, 1.807) is 7.11 Å². The van der Waals surface area contributed by atoms with Crippen LogP contribution in [0.2, 0.25) is 0 Å². The van der Waals surface area contributed by atoms with Crippen LogP contribution in [0.5, 0.6) is 0 Å². The molecule has 6 heteroatoms. The Morgan fingerprint density at radius 3 is 2.64 bits per heavy atom. The van der Waals surface area contributed by atoms with E-state index >= 15 is 0 Å². The molecule has 6 nitrogen and oxygen atoms in total. The van der Waals surface area contributed by atoms with Crippen LogP contribution in [0.15, 0.2) is 0 Å². The third-order valence-electron chi connectivity index (χ3n) is 4.90. The lowest BCUT2D eigenvalue weighted by Gasteiger charge is -2.42. The lowest BCUT2D eigenvalue weighted by Crippen LogP contribution is -2.52. The second-order valence-corrected chi connectivity index (χ2v) is 6.73. The van der Waals surface area contributed by atoms with Crippen molar-refractivity contribution in [2.75, 3.05) is 53.1 Å². The van der Waals surface area contributed by atoms with Crippen molar-refractivity contribution in [3.05, 3.63) is 0 Å². The smallest absolute Gasteiger partial charge is 0.239 e. The van der Waals surface area contributed by atoms with E-state index in [0.717, 1.165) is 39.4 Å².